The van der Waals surface area contributed by atoms with E-state index in [4.69, 9.17) is 21.1 Å². The summed E-state index contributed by atoms with van der Waals surface area (Å²) in [6.07, 6.45) is -2.99. The van der Waals surface area contributed by atoms with Gasteiger partial charge in [0, 0.05) is 17.8 Å². The molecule has 2 N–H and O–H groups in total. The summed E-state index contributed by atoms with van der Waals surface area (Å²) in [6, 6.07) is 5.99. The Morgan fingerprint density at radius 1 is 1.16 bits per heavy atom. The molecule has 176 valence electrons. The minimum Gasteiger partial charge on any atom is -0.507 e. The fraction of sp³-hybridized carbons (Fsp3) is 0.435. The highest BCUT2D eigenvalue weighted by atomic mass is 35.5. The van der Waals surface area contributed by atoms with Crippen molar-refractivity contribution in [2.24, 2.45) is 0 Å². The second-order valence-electron chi connectivity index (χ2n) is 8.23. The lowest BCUT2D eigenvalue weighted by molar-refractivity contribution is -0.137. The van der Waals surface area contributed by atoms with Gasteiger partial charge in [0.1, 0.15) is 22.7 Å². The van der Waals surface area contributed by atoms with E-state index in [1.165, 1.54) is 18.2 Å². The summed E-state index contributed by atoms with van der Waals surface area (Å²) in [7, 11) is 0. The van der Waals surface area contributed by atoms with Gasteiger partial charge in [-0.3, -0.25) is 0 Å². The second kappa shape index (κ2) is 10.3. The van der Waals surface area contributed by atoms with Gasteiger partial charge in [-0.15, -0.1) is 0 Å². The quantitative estimate of drug-likeness (QED) is 0.250. The molecule has 0 aliphatic rings. The minimum atomic E-state index is -4.57. The van der Waals surface area contributed by atoms with Gasteiger partial charge in [-0.25, -0.2) is 4.79 Å². The number of anilines is 1. The number of unbranched alkanes of at least 4 members (excludes halogenated alkanes) is 1. The summed E-state index contributed by atoms with van der Waals surface area (Å²) >= 11 is 6.10. The molecule has 0 bridgehead atoms. The number of hydrogen-bond donors (Lipinski definition) is 2. The normalized spacial score (nSPS) is 11.9. The molecule has 0 heterocycles. The Morgan fingerprint density at radius 3 is 2.44 bits per heavy atom. The van der Waals surface area contributed by atoms with E-state index >= 15 is 0 Å². The molecule has 0 unspecified atom stereocenters. The van der Waals surface area contributed by atoms with Crippen LogP contribution in [0.1, 0.15) is 62.0 Å². The van der Waals surface area contributed by atoms with Crippen molar-refractivity contribution in [1.82, 2.24) is 0 Å². The second-order valence-corrected chi connectivity index (χ2v) is 8.64. The average Bonchev–Trinajstić information content (AvgIpc) is 2.66. The first-order valence-corrected chi connectivity index (χ1v) is 10.5. The summed E-state index contributed by atoms with van der Waals surface area (Å²) in [4.78, 5) is 12.3. The summed E-state index contributed by atoms with van der Waals surface area (Å²) in [5, 5.41) is 12.8. The van der Waals surface area contributed by atoms with Crippen LogP contribution in [-0.2, 0) is 17.5 Å². The van der Waals surface area contributed by atoms with E-state index in [0.717, 1.165) is 25.0 Å². The Balaban J connectivity index is 2.31. The summed E-state index contributed by atoms with van der Waals surface area (Å²) in [6.45, 7) is 7.32. The van der Waals surface area contributed by atoms with Gasteiger partial charge in [0.15, 0.2) is 0 Å². The number of rotatable bonds is 8. The highest BCUT2D eigenvalue weighted by Crippen LogP contribution is 2.38. The number of hydrogen-bond acceptors (Lipinski definition) is 5. The highest BCUT2D eigenvalue weighted by molar-refractivity contribution is 6.32. The SMILES string of the molecule is CCCCOc1c(Cl)cc(C(F)(F)F)cc1CNc1ccc(O)c(C(=O)OC(C)(C)C)c1. The predicted octanol–water partition coefficient (Wildman–Crippen LogP) is 6.81. The summed E-state index contributed by atoms with van der Waals surface area (Å²) in [5.41, 5.74) is -1.09. The van der Waals surface area contributed by atoms with Crippen LogP contribution in [0, 0.1) is 0 Å². The van der Waals surface area contributed by atoms with Crippen LogP contribution in [-0.4, -0.2) is 23.3 Å². The first kappa shape index (κ1) is 25.6. The molecule has 0 fully saturated rings. The molecule has 0 saturated carbocycles. The molecular weight excluding hydrogens is 447 g/mol. The number of nitrogens with one attached hydrogen (secondary N) is 1. The van der Waals surface area contributed by atoms with Crippen molar-refractivity contribution >= 4 is 23.3 Å². The van der Waals surface area contributed by atoms with E-state index in [-0.39, 0.29) is 34.2 Å². The number of carbonyl (C=O) groups is 1. The van der Waals surface area contributed by atoms with Gasteiger partial charge in [0.05, 0.1) is 17.2 Å². The van der Waals surface area contributed by atoms with Crippen LogP contribution < -0.4 is 10.1 Å². The van der Waals surface area contributed by atoms with Crippen LogP contribution in [0.5, 0.6) is 11.5 Å². The van der Waals surface area contributed by atoms with Gasteiger partial charge < -0.3 is 19.9 Å². The molecule has 0 saturated heterocycles. The lowest BCUT2D eigenvalue weighted by Gasteiger charge is -2.20. The van der Waals surface area contributed by atoms with E-state index in [1.54, 1.807) is 20.8 Å². The third-order valence-corrected chi connectivity index (χ3v) is 4.57. The maximum Gasteiger partial charge on any atom is 0.416 e. The van der Waals surface area contributed by atoms with Gasteiger partial charge in [-0.05, 0) is 57.5 Å². The van der Waals surface area contributed by atoms with Crippen LogP contribution in [0.25, 0.3) is 0 Å². The zero-order chi connectivity index (χ0) is 24.1. The van der Waals surface area contributed by atoms with E-state index < -0.39 is 23.3 Å². The molecule has 9 heteroatoms. The summed E-state index contributed by atoms with van der Waals surface area (Å²) in [5.74, 6) is -0.813. The van der Waals surface area contributed by atoms with Crippen molar-refractivity contribution in [1.29, 1.82) is 0 Å². The van der Waals surface area contributed by atoms with E-state index in [1.807, 2.05) is 6.92 Å². The third kappa shape index (κ3) is 7.22. The fourth-order valence-corrected chi connectivity index (χ4v) is 3.06. The number of ether oxygens (including phenoxy) is 2. The molecule has 32 heavy (non-hydrogen) atoms. The molecule has 0 aromatic heterocycles. The first-order valence-electron chi connectivity index (χ1n) is 10.1. The molecule has 0 atom stereocenters. The number of benzene rings is 2. The van der Waals surface area contributed by atoms with Gasteiger partial charge in [-0.2, -0.15) is 13.2 Å². The average molecular weight is 474 g/mol. The molecule has 0 spiro atoms. The number of phenolic OH excluding ortho intramolecular Hbond substituents is 1. The number of phenols is 1. The van der Waals surface area contributed by atoms with Gasteiger partial charge in [0.2, 0.25) is 0 Å². The monoisotopic (exact) mass is 473 g/mol. The highest BCUT2D eigenvalue weighted by Gasteiger charge is 2.32. The standard InChI is InChI=1S/C23H27ClF3NO4/c1-5-6-9-31-20-14(10-15(11-18(20)24)23(25,26)27)13-28-16-7-8-19(29)17(12-16)21(30)32-22(2,3)4/h7-8,10-12,28-29H,5-6,9,13H2,1-4H3. The van der Waals surface area contributed by atoms with Crippen molar-refractivity contribution in [3.05, 3.63) is 52.0 Å². The molecule has 0 aliphatic heterocycles. The number of carbonyl (C=O) groups excluding carboxylic acids is 1. The van der Waals surface area contributed by atoms with Crippen LogP contribution >= 0.6 is 11.6 Å². The third-order valence-electron chi connectivity index (χ3n) is 4.29. The maximum atomic E-state index is 13.3. The molecule has 5 nitrogen and oxygen atoms in total. The lowest BCUT2D eigenvalue weighted by Crippen LogP contribution is -2.24. The molecule has 0 radical (unpaired) electrons. The largest absolute Gasteiger partial charge is 0.507 e. The Morgan fingerprint density at radius 2 is 1.84 bits per heavy atom. The number of aromatic hydroxyl groups is 1. The van der Waals surface area contributed by atoms with Crippen LogP contribution in [0.2, 0.25) is 5.02 Å². The van der Waals surface area contributed by atoms with Crippen molar-refractivity contribution in [3.63, 3.8) is 0 Å². The zero-order valence-electron chi connectivity index (χ0n) is 18.4. The summed E-state index contributed by atoms with van der Waals surface area (Å²) < 4.78 is 50.7. The molecular formula is C23H27ClF3NO4. The Hall–Kier alpha value is -2.61. The smallest absolute Gasteiger partial charge is 0.416 e. The van der Waals surface area contributed by atoms with Crippen molar-refractivity contribution in [2.45, 2.75) is 58.9 Å². The van der Waals surface area contributed by atoms with Gasteiger partial charge in [-0.1, -0.05) is 24.9 Å². The Labute approximate surface area is 190 Å². The topological polar surface area (TPSA) is 67.8 Å². The zero-order valence-corrected chi connectivity index (χ0v) is 19.2. The van der Waals surface area contributed by atoms with Crippen molar-refractivity contribution < 1.29 is 32.5 Å². The Kier molecular flexibility index (Phi) is 8.29. The first-order chi connectivity index (χ1) is 14.8. The molecule has 2 aromatic rings. The number of halogens is 4. The molecule has 2 rings (SSSR count). The van der Waals surface area contributed by atoms with Gasteiger partial charge >= 0.3 is 12.1 Å². The predicted molar refractivity (Wildman–Crippen MR) is 117 cm³/mol. The minimum absolute atomic E-state index is 0.0520. The maximum absolute atomic E-state index is 13.3. The van der Waals surface area contributed by atoms with E-state index in [9.17, 15) is 23.1 Å². The molecule has 0 aliphatic carbocycles. The van der Waals surface area contributed by atoms with E-state index in [2.05, 4.69) is 5.32 Å². The van der Waals surface area contributed by atoms with Crippen molar-refractivity contribution in [2.75, 3.05) is 11.9 Å². The van der Waals surface area contributed by atoms with Crippen LogP contribution in [0.3, 0.4) is 0 Å². The number of alkyl halides is 3. The van der Waals surface area contributed by atoms with Crippen LogP contribution in [0.15, 0.2) is 30.3 Å². The van der Waals surface area contributed by atoms with Crippen molar-refractivity contribution in [3.8, 4) is 11.5 Å². The molecule has 2 aromatic carbocycles. The molecule has 0 amide bonds. The van der Waals surface area contributed by atoms with E-state index in [0.29, 0.717) is 12.3 Å². The Bertz CT molecular complexity index is 955. The fourth-order valence-electron chi connectivity index (χ4n) is 2.77. The van der Waals surface area contributed by atoms with Gasteiger partial charge in [0.25, 0.3) is 0 Å². The van der Waals surface area contributed by atoms with Crippen LogP contribution in [0.4, 0.5) is 18.9 Å². The lowest BCUT2D eigenvalue weighted by atomic mass is 10.1. The number of esters is 1.